The summed E-state index contributed by atoms with van der Waals surface area (Å²) in [7, 11) is 2.20. The van der Waals surface area contributed by atoms with Crippen LogP contribution >= 0.6 is 0 Å². The Bertz CT molecular complexity index is 394. The lowest BCUT2D eigenvalue weighted by molar-refractivity contribution is 0.0771. The molecule has 1 N–H and O–H groups in total. The Morgan fingerprint density at radius 3 is 2.61 bits per heavy atom. The molecule has 1 aromatic carbocycles. The Labute approximate surface area is 111 Å². The van der Waals surface area contributed by atoms with Crippen LogP contribution in [0.1, 0.15) is 50.2 Å². The zero-order chi connectivity index (χ0) is 13.2. The van der Waals surface area contributed by atoms with Crippen LogP contribution in [0, 0.1) is 0 Å². The van der Waals surface area contributed by atoms with E-state index in [2.05, 4.69) is 30.1 Å². The lowest BCUT2D eigenvalue weighted by atomic mass is 9.83. The first kappa shape index (κ1) is 13.6. The van der Waals surface area contributed by atoms with Crippen molar-refractivity contribution in [2.24, 2.45) is 0 Å². The average molecular weight is 247 g/mol. The van der Waals surface area contributed by atoms with Crippen LogP contribution in [0.25, 0.3) is 0 Å². The molecular formula is C16H25NO. The second kappa shape index (κ2) is 5.41. The molecular weight excluding hydrogens is 222 g/mol. The number of hydrogen-bond acceptors (Lipinski definition) is 2. The van der Waals surface area contributed by atoms with Crippen LogP contribution in [0.5, 0.6) is 0 Å². The summed E-state index contributed by atoms with van der Waals surface area (Å²) >= 11 is 0. The predicted octanol–water partition coefficient (Wildman–Crippen LogP) is 3.11. The number of likely N-dealkylation sites (tertiary alicyclic amines) is 1. The van der Waals surface area contributed by atoms with E-state index in [1.54, 1.807) is 0 Å². The molecule has 0 aromatic heterocycles. The van der Waals surface area contributed by atoms with Crippen LogP contribution in [0.2, 0.25) is 0 Å². The highest BCUT2D eigenvalue weighted by molar-refractivity contribution is 5.34. The van der Waals surface area contributed by atoms with E-state index in [1.807, 2.05) is 19.9 Å². The van der Waals surface area contributed by atoms with Gasteiger partial charge < -0.3 is 10.0 Å². The van der Waals surface area contributed by atoms with Gasteiger partial charge in [-0.1, -0.05) is 24.3 Å². The molecule has 100 valence electrons. The van der Waals surface area contributed by atoms with E-state index in [4.69, 9.17) is 0 Å². The van der Waals surface area contributed by atoms with Gasteiger partial charge in [0.25, 0.3) is 0 Å². The normalized spacial score (nSPS) is 22.8. The fraction of sp³-hybridized carbons (Fsp3) is 0.625. The van der Waals surface area contributed by atoms with Crippen molar-refractivity contribution in [1.82, 2.24) is 4.90 Å². The first-order valence-corrected chi connectivity index (χ1v) is 6.99. The maximum Gasteiger partial charge on any atom is 0.0843 e. The van der Waals surface area contributed by atoms with Crippen LogP contribution in [-0.4, -0.2) is 30.1 Å². The Morgan fingerprint density at radius 1 is 1.17 bits per heavy atom. The van der Waals surface area contributed by atoms with E-state index in [1.165, 1.54) is 31.4 Å². The van der Waals surface area contributed by atoms with Gasteiger partial charge in [0.2, 0.25) is 0 Å². The minimum absolute atomic E-state index is 0.595. The number of benzene rings is 1. The third-order valence-corrected chi connectivity index (χ3v) is 4.01. The largest absolute Gasteiger partial charge is 0.386 e. The second-order valence-corrected chi connectivity index (χ2v) is 6.08. The third-order valence-electron chi connectivity index (χ3n) is 4.01. The molecule has 1 aromatic rings. The highest BCUT2D eigenvalue weighted by Gasteiger charge is 2.25. The zero-order valence-corrected chi connectivity index (χ0v) is 11.8. The summed E-state index contributed by atoms with van der Waals surface area (Å²) in [5.41, 5.74) is 1.70. The SMILES string of the molecule is CN1CCCC(c2ccccc2C(C)(C)O)CC1. The van der Waals surface area contributed by atoms with Gasteiger partial charge in [0, 0.05) is 0 Å². The van der Waals surface area contributed by atoms with Crippen LogP contribution in [0.3, 0.4) is 0 Å². The highest BCUT2D eigenvalue weighted by atomic mass is 16.3. The molecule has 1 unspecified atom stereocenters. The molecule has 2 nitrogen and oxygen atoms in total. The highest BCUT2D eigenvalue weighted by Crippen LogP contribution is 2.34. The van der Waals surface area contributed by atoms with Crippen molar-refractivity contribution in [1.29, 1.82) is 0 Å². The Hall–Kier alpha value is -0.860. The topological polar surface area (TPSA) is 23.5 Å². The van der Waals surface area contributed by atoms with Crippen molar-refractivity contribution in [3.05, 3.63) is 35.4 Å². The Morgan fingerprint density at radius 2 is 1.89 bits per heavy atom. The molecule has 1 heterocycles. The molecule has 0 bridgehead atoms. The predicted molar refractivity (Wildman–Crippen MR) is 75.8 cm³/mol. The van der Waals surface area contributed by atoms with Gasteiger partial charge in [-0.25, -0.2) is 0 Å². The molecule has 0 radical (unpaired) electrons. The van der Waals surface area contributed by atoms with Gasteiger partial charge in [-0.3, -0.25) is 0 Å². The minimum atomic E-state index is -0.741. The van der Waals surface area contributed by atoms with Gasteiger partial charge in [-0.05, 0) is 70.3 Å². The van der Waals surface area contributed by atoms with E-state index in [0.717, 1.165) is 12.1 Å². The lowest BCUT2D eigenvalue weighted by Gasteiger charge is -2.26. The Balaban J connectivity index is 2.27. The molecule has 18 heavy (non-hydrogen) atoms. The van der Waals surface area contributed by atoms with E-state index in [-0.39, 0.29) is 0 Å². The molecule has 1 saturated heterocycles. The van der Waals surface area contributed by atoms with Gasteiger partial charge >= 0.3 is 0 Å². The summed E-state index contributed by atoms with van der Waals surface area (Å²) in [6, 6.07) is 8.39. The molecule has 1 aliphatic rings. The van der Waals surface area contributed by atoms with Crippen molar-refractivity contribution < 1.29 is 5.11 Å². The van der Waals surface area contributed by atoms with Crippen molar-refractivity contribution in [2.45, 2.75) is 44.6 Å². The molecule has 0 aliphatic carbocycles. The van der Waals surface area contributed by atoms with E-state index >= 15 is 0 Å². The van der Waals surface area contributed by atoms with Gasteiger partial charge in [0.15, 0.2) is 0 Å². The third kappa shape index (κ3) is 3.12. The first-order valence-electron chi connectivity index (χ1n) is 6.99. The summed E-state index contributed by atoms with van der Waals surface area (Å²) in [4.78, 5) is 2.41. The molecule has 1 aliphatic heterocycles. The van der Waals surface area contributed by atoms with Crippen LogP contribution in [-0.2, 0) is 5.60 Å². The summed E-state index contributed by atoms with van der Waals surface area (Å²) in [6.45, 7) is 6.12. The van der Waals surface area contributed by atoms with Gasteiger partial charge in [0.05, 0.1) is 5.60 Å². The fourth-order valence-corrected chi connectivity index (χ4v) is 2.96. The maximum atomic E-state index is 10.3. The molecule has 2 rings (SSSR count). The minimum Gasteiger partial charge on any atom is -0.386 e. The number of aliphatic hydroxyl groups is 1. The smallest absolute Gasteiger partial charge is 0.0843 e. The summed E-state index contributed by atoms with van der Waals surface area (Å²) in [5, 5.41) is 10.3. The molecule has 0 spiro atoms. The molecule has 1 atom stereocenters. The monoisotopic (exact) mass is 247 g/mol. The van der Waals surface area contributed by atoms with E-state index < -0.39 is 5.60 Å². The van der Waals surface area contributed by atoms with Crippen LogP contribution < -0.4 is 0 Å². The second-order valence-electron chi connectivity index (χ2n) is 6.08. The number of rotatable bonds is 2. The fourth-order valence-electron chi connectivity index (χ4n) is 2.96. The lowest BCUT2D eigenvalue weighted by Crippen LogP contribution is -2.20. The Kier molecular flexibility index (Phi) is 4.08. The van der Waals surface area contributed by atoms with Crippen molar-refractivity contribution in [3.8, 4) is 0 Å². The summed E-state index contributed by atoms with van der Waals surface area (Å²) < 4.78 is 0. The van der Waals surface area contributed by atoms with Crippen molar-refractivity contribution >= 4 is 0 Å². The molecule has 0 saturated carbocycles. The maximum absolute atomic E-state index is 10.3. The quantitative estimate of drug-likeness (QED) is 0.868. The van der Waals surface area contributed by atoms with Crippen LogP contribution in [0.15, 0.2) is 24.3 Å². The molecule has 2 heteroatoms. The zero-order valence-electron chi connectivity index (χ0n) is 11.8. The molecule has 0 amide bonds. The van der Waals surface area contributed by atoms with Crippen molar-refractivity contribution in [2.75, 3.05) is 20.1 Å². The van der Waals surface area contributed by atoms with E-state index in [0.29, 0.717) is 5.92 Å². The van der Waals surface area contributed by atoms with Crippen LogP contribution in [0.4, 0.5) is 0 Å². The summed E-state index contributed by atoms with van der Waals surface area (Å²) in [6.07, 6.45) is 3.68. The van der Waals surface area contributed by atoms with E-state index in [9.17, 15) is 5.11 Å². The average Bonchev–Trinajstić information content (AvgIpc) is 2.53. The molecule has 1 fully saturated rings. The van der Waals surface area contributed by atoms with Gasteiger partial charge in [0.1, 0.15) is 0 Å². The van der Waals surface area contributed by atoms with Crippen molar-refractivity contribution in [3.63, 3.8) is 0 Å². The van der Waals surface area contributed by atoms with Gasteiger partial charge in [-0.15, -0.1) is 0 Å². The number of hydrogen-bond donors (Lipinski definition) is 1. The summed E-state index contributed by atoms with van der Waals surface area (Å²) in [5.74, 6) is 0.595. The standard InChI is InChI=1S/C16H25NO/c1-16(2,18)15-9-5-4-8-14(15)13-7-6-11-17(3)12-10-13/h4-5,8-9,13,18H,6-7,10-12H2,1-3H3. The number of nitrogens with zero attached hydrogens (tertiary/aromatic N) is 1. The van der Waals surface area contributed by atoms with Gasteiger partial charge in [-0.2, -0.15) is 0 Å². The first-order chi connectivity index (χ1) is 8.48.